The first-order chi connectivity index (χ1) is 5.19. The fourth-order valence-corrected chi connectivity index (χ4v) is 6.37. The number of halogens is 2. The van der Waals surface area contributed by atoms with Gasteiger partial charge in [0.05, 0.1) is 0 Å². The third-order valence-electron chi connectivity index (χ3n) is 2.13. The summed E-state index contributed by atoms with van der Waals surface area (Å²) >= 11 is 4.59. The van der Waals surface area contributed by atoms with E-state index in [9.17, 15) is 5.11 Å². The predicted molar refractivity (Wildman–Crippen MR) is 43.2 cm³/mol. The molecular formula is C7H10Cl2HgO. The minimum atomic E-state index is -1.32. The van der Waals surface area contributed by atoms with Crippen LogP contribution in [0.3, 0.4) is 0 Å². The number of rotatable bonds is 2. The van der Waals surface area contributed by atoms with Crippen molar-refractivity contribution in [1.29, 1.82) is 0 Å². The molecule has 0 radical (unpaired) electrons. The van der Waals surface area contributed by atoms with E-state index < -0.39 is 28.9 Å². The molecule has 0 aromatic carbocycles. The zero-order valence-corrected chi connectivity index (χ0v) is 13.3. The van der Waals surface area contributed by atoms with Crippen LogP contribution in [0.15, 0.2) is 8.62 Å². The minimum absolute atomic E-state index is 0.617. The quantitative estimate of drug-likeness (QED) is 0.729. The summed E-state index contributed by atoms with van der Waals surface area (Å²) in [6.45, 7) is 0. The van der Waals surface area contributed by atoms with E-state index in [1.165, 1.54) is 0 Å². The Morgan fingerprint density at radius 1 is 1.45 bits per heavy atom. The van der Waals surface area contributed by atoms with E-state index in [0.717, 1.165) is 25.7 Å². The van der Waals surface area contributed by atoms with Crippen LogP contribution in [0.1, 0.15) is 25.7 Å². The summed E-state index contributed by atoms with van der Waals surface area (Å²) < 4.78 is 1.90. The first kappa shape index (κ1) is 10.3. The third kappa shape index (κ3) is 2.58. The number of hydrogen-bond acceptors (Lipinski definition) is 1. The second kappa shape index (κ2) is 4.45. The van der Waals surface area contributed by atoms with E-state index in [0.29, 0.717) is 5.03 Å². The molecule has 1 N–H and O–H groups in total. The van der Waals surface area contributed by atoms with Gasteiger partial charge >= 0.3 is 88.2 Å². The Kier molecular flexibility index (Phi) is 4.17. The van der Waals surface area contributed by atoms with E-state index in [4.69, 9.17) is 19.9 Å². The summed E-state index contributed by atoms with van der Waals surface area (Å²) in [4.78, 5) is 0. The normalized spacial score (nSPS) is 23.4. The average molecular weight is 382 g/mol. The van der Waals surface area contributed by atoms with Gasteiger partial charge in [-0.2, -0.15) is 0 Å². The van der Waals surface area contributed by atoms with Gasteiger partial charge in [-0.1, -0.05) is 0 Å². The summed E-state index contributed by atoms with van der Waals surface area (Å²) in [7, 11) is 5.69. The Morgan fingerprint density at radius 2 is 2.00 bits per heavy atom. The number of aliphatic hydroxyl groups is 1. The van der Waals surface area contributed by atoms with Crippen LogP contribution < -0.4 is 0 Å². The Bertz CT molecular complexity index is 164. The summed E-state index contributed by atoms with van der Waals surface area (Å²) in [5, 5.41) is 10.5. The van der Waals surface area contributed by atoms with E-state index in [2.05, 4.69) is 0 Å². The van der Waals surface area contributed by atoms with E-state index in [1.807, 2.05) is 3.58 Å². The zero-order chi connectivity index (χ0) is 8.32. The first-order valence-electron chi connectivity index (χ1n) is 3.83. The topological polar surface area (TPSA) is 20.2 Å². The molecule has 1 fully saturated rings. The van der Waals surface area contributed by atoms with Gasteiger partial charge in [-0.05, 0) is 0 Å². The van der Waals surface area contributed by atoms with Crippen molar-refractivity contribution in [2.45, 2.75) is 31.3 Å². The maximum absolute atomic E-state index is 9.87. The van der Waals surface area contributed by atoms with Crippen LogP contribution in [0, 0.1) is 0 Å². The van der Waals surface area contributed by atoms with E-state index >= 15 is 0 Å². The fraction of sp³-hybridized carbons (Fsp3) is 0.714. The summed E-state index contributed by atoms with van der Waals surface area (Å²) in [6.07, 6.45) is 3.79. The Hall–Kier alpha value is 1.22. The summed E-state index contributed by atoms with van der Waals surface area (Å²) in [5.41, 5.74) is -0.698. The molecule has 4 heteroatoms. The molecule has 0 spiro atoms. The van der Waals surface area contributed by atoms with Gasteiger partial charge in [-0.3, -0.25) is 0 Å². The molecule has 0 heterocycles. The standard InChI is InChI=1S/C7H10ClO.ClH.Hg/c1-6(8)7(9)4-2-3-5-7;;/h1,9H,2-5H2;1H;/q;;+1/p-1. The van der Waals surface area contributed by atoms with Gasteiger partial charge in [-0.25, -0.2) is 0 Å². The van der Waals surface area contributed by atoms with E-state index in [1.54, 1.807) is 0 Å². The van der Waals surface area contributed by atoms with Crippen molar-refractivity contribution in [1.82, 2.24) is 0 Å². The molecule has 0 aromatic heterocycles. The van der Waals surface area contributed by atoms with Crippen molar-refractivity contribution in [3.63, 3.8) is 0 Å². The molecule has 1 saturated carbocycles. The number of hydrogen-bond donors (Lipinski definition) is 1. The molecule has 0 saturated heterocycles. The fourth-order valence-electron chi connectivity index (χ4n) is 1.46. The van der Waals surface area contributed by atoms with Gasteiger partial charge in [0.25, 0.3) is 0 Å². The Morgan fingerprint density at radius 3 is 2.45 bits per heavy atom. The molecule has 1 aliphatic rings. The van der Waals surface area contributed by atoms with Gasteiger partial charge in [-0.15, -0.1) is 0 Å². The predicted octanol–water partition coefficient (Wildman–Crippen LogP) is 2.61. The van der Waals surface area contributed by atoms with Crippen molar-refractivity contribution >= 4 is 19.9 Å². The van der Waals surface area contributed by atoms with Crippen LogP contribution in [-0.2, 0) is 23.3 Å². The van der Waals surface area contributed by atoms with Gasteiger partial charge in [0.2, 0.25) is 0 Å². The second-order valence-electron chi connectivity index (χ2n) is 2.95. The van der Waals surface area contributed by atoms with Crippen molar-refractivity contribution in [3.8, 4) is 0 Å². The molecule has 0 aromatic rings. The van der Waals surface area contributed by atoms with Gasteiger partial charge in [0.15, 0.2) is 0 Å². The molecular weight excluding hydrogens is 372 g/mol. The van der Waals surface area contributed by atoms with Crippen LogP contribution in [0.25, 0.3) is 0 Å². The molecule has 0 aliphatic heterocycles. The van der Waals surface area contributed by atoms with Crippen molar-refractivity contribution < 1.29 is 28.4 Å². The van der Waals surface area contributed by atoms with Crippen molar-refractivity contribution in [3.05, 3.63) is 8.62 Å². The van der Waals surface area contributed by atoms with Crippen LogP contribution in [0.5, 0.6) is 0 Å². The van der Waals surface area contributed by atoms with Crippen LogP contribution in [0.4, 0.5) is 0 Å². The summed E-state index contributed by atoms with van der Waals surface area (Å²) in [6, 6.07) is 0. The van der Waals surface area contributed by atoms with Gasteiger partial charge < -0.3 is 0 Å². The molecule has 1 nitrogen and oxygen atoms in total. The van der Waals surface area contributed by atoms with Gasteiger partial charge in [0, 0.05) is 0 Å². The molecule has 0 amide bonds. The Balaban J connectivity index is 2.63. The SMILES string of the molecule is OC1(/C(Cl)=[CH]\[Hg][Cl])CCCC1. The first-order valence-corrected chi connectivity index (χ1v) is 14.2. The van der Waals surface area contributed by atoms with Crippen LogP contribution in [-0.4, -0.2) is 10.7 Å². The molecule has 1 aliphatic carbocycles. The third-order valence-corrected chi connectivity index (χ3v) is 7.18. The van der Waals surface area contributed by atoms with Crippen molar-refractivity contribution in [2.75, 3.05) is 0 Å². The van der Waals surface area contributed by atoms with Crippen LogP contribution in [0.2, 0.25) is 0 Å². The molecule has 1 rings (SSSR count). The zero-order valence-electron chi connectivity index (χ0n) is 6.32. The average Bonchev–Trinajstić information content (AvgIpc) is 2.38. The summed E-state index contributed by atoms with van der Waals surface area (Å²) in [5.74, 6) is 0. The van der Waals surface area contributed by atoms with Gasteiger partial charge in [0.1, 0.15) is 0 Å². The van der Waals surface area contributed by atoms with E-state index in [-0.39, 0.29) is 0 Å². The molecule has 11 heavy (non-hydrogen) atoms. The molecule has 0 unspecified atom stereocenters. The molecule has 0 atom stereocenters. The Labute approximate surface area is 87.6 Å². The van der Waals surface area contributed by atoms with Crippen molar-refractivity contribution in [2.24, 2.45) is 0 Å². The monoisotopic (exact) mass is 382 g/mol. The molecule has 0 bridgehead atoms. The second-order valence-corrected chi connectivity index (χ2v) is 8.85. The van der Waals surface area contributed by atoms with Crippen LogP contribution >= 0.6 is 19.9 Å². The maximum atomic E-state index is 9.87. The molecule has 60 valence electrons.